The molecule has 0 spiro atoms. The molecule has 1 atom stereocenters. The quantitative estimate of drug-likeness (QED) is 0.442. The van der Waals surface area contributed by atoms with Gasteiger partial charge in [-0.15, -0.1) is 0 Å². The second-order valence-corrected chi connectivity index (χ2v) is 8.13. The van der Waals surface area contributed by atoms with E-state index in [-0.39, 0.29) is 6.61 Å². The fourth-order valence-electron chi connectivity index (χ4n) is 3.92. The lowest BCUT2D eigenvalue weighted by Gasteiger charge is -2.28. The van der Waals surface area contributed by atoms with Crippen LogP contribution in [0.3, 0.4) is 0 Å². The van der Waals surface area contributed by atoms with E-state index in [0.29, 0.717) is 41.4 Å². The van der Waals surface area contributed by atoms with Crippen LogP contribution in [-0.2, 0) is 22.6 Å². The van der Waals surface area contributed by atoms with Gasteiger partial charge in [0, 0.05) is 12.1 Å². The molecule has 3 aromatic rings. The fourth-order valence-corrected chi connectivity index (χ4v) is 3.92. The Morgan fingerprint density at radius 3 is 2.29 bits per heavy atom. The summed E-state index contributed by atoms with van der Waals surface area (Å²) >= 11 is 0. The van der Waals surface area contributed by atoms with E-state index in [9.17, 15) is 9.59 Å². The second kappa shape index (κ2) is 11.2. The van der Waals surface area contributed by atoms with E-state index in [4.69, 9.17) is 14.2 Å². The Morgan fingerprint density at radius 1 is 0.914 bits per heavy atom. The van der Waals surface area contributed by atoms with E-state index < -0.39 is 18.0 Å². The molecule has 0 saturated carbocycles. The van der Waals surface area contributed by atoms with Gasteiger partial charge in [0.1, 0.15) is 6.61 Å². The molecular formula is C28H28N2O5. The lowest BCUT2D eigenvalue weighted by Crippen LogP contribution is -2.45. The van der Waals surface area contributed by atoms with E-state index in [1.807, 2.05) is 66.7 Å². The summed E-state index contributed by atoms with van der Waals surface area (Å²) in [5, 5.41) is 5.50. The topological polar surface area (TPSA) is 85.9 Å². The Hall–Kier alpha value is -4.26. The van der Waals surface area contributed by atoms with Gasteiger partial charge in [-0.25, -0.2) is 9.59 Å². The Kier molecular flexibility index (Phi) is 7.67. The Balaban J connectivity index is 1.51. The third-order valence-electron chi connectivity index (χ3n) is 5.71. The predicted molar refractivity (Wildman–Crippen MR) is 132 cm³/mol. The highest BCUT2D eigenvalue weighted by Gasteiger charge is 2.32. The zero-order valence-electron chi connectivity index (χ0n) is 19.7. The number of benzene rings is 3. The van der Waals surface area contributed by atoms with Crippen LogP contribution in [0.1, 0.15) is 29.7 Å². The monoisotopic (exact) mass is 472 g/mol. The molecule has 7 nitrogen and oxygen atoms in total. The van der Waals surface area contributed by atoms with Crippen LogP contribution in [0, 0.1) is 0 Å². The maximum atomic E-state index is 13.0. The largest absolute Gasteiger partial charge is 0.493 e. The summed E-state index contributed by atoms with van der Waals surface area (Å²) in [6.07, 6.45) is 0.602. The smallest absolute Gasteiger partial charge is 0.338 e. The van der Waals surface area contributed by atoms with Crippen LogP contribution >= 0.6 is 0 Å². The average molecular weight is 473 g/mol. The van der Waals surface area contributed by atoms with Gasteiger partial charge in [0.05, 0.1) is 25.3 Å². The van der Waals surface area contributed by atoms with E-state index in [0.717, 1.165) is 11.1 Å². The van der Waals surface area contributed by atoms with Crippen molar-refractivity contribution in [1.29, 1.82) is 0 Å². The summed E-state index contributed by atoms with van der Waals surface area (Å²) in [5.41, 5.74) is 3.58. The number of methoxy groups -OCH3 is 1. The van der Waals surface area contributed by atoms with E-state index in [2.05, 4.69) is 10.6 Å². The number of ether oxygens (including phenoxy) is 3. The minimum atomic E-state index is -0.690. The molecule has 1 aliphatic heterocycles. The molecule has 0 aromatic heterocycles. The zero-order chi connectivity index (χ0) is 24.6. The van der Waals surface area contributed by atoms with Crippen molar-refractivity contribution in [3.63, 3.8) is 0 Å². The maximum absolute atomic E-state index is 13.0. The first-order valence-corrected chi connectivity index (χ1v) is 11.4. The Bertz CT molecular complexity index is 1210. The maximum Gasteiger partial charge on any atom is 0.338 e. The third kappa shape index (κ3) is 6.00. The van der Waals surface area contributed by atoms with Crippen LogP contribution in [0.2, 0.25) is 0 Å². The molecule has 180 valence electrons. The third-order valence-corrected chi connectivity index (χ3v) is 5.71. The van der Waals surface area contributed by atoms with Gasteiger partial charge in [-0.05, 0) is 35.7 Å². The van der Waals surface area contributed by atoms with Crippen molar-refractivity contribution in [3.8, 4) is 11.5 Å². The molecule has 7 heteroatoms. The molecular weight excluding hydrogens is 444 g/mol. The first kappa shape index (κ1) is 23.9. The SMILES string of the molecule is COc1cc([C@H]2NC(=O)NC(C)=C2C(=O)OCCc2ccccc2)ccc1OCc1ccccc1. The minimum Gasteiger partial charge on any atom is -0.493 e. The number of esters is 1. The predicted octanol–water partition coefficient (Wildman–Crippen LogP) is 4.69. The molecule has 1 heterocycles. The molecule has 1 aliphatic rings. The summed E-state index contributed by atoms with van der Waals surface area (Å²) in [5.74, 6) is 0.577. The first-order chi connectivity index (χ1) is 17.0. The molecule has 2 amide bonds. The first-order valence-electron chi connectivity index (χ1n) is 11.4. The van der Waals surface area contributed by atoms with Gasteiger partial charge in [0.25, 0.3) is 0 Å². The highest BCUT2D eigenvalue weighted by Crippen LogP contribution is 2.35. The van der Waals surface area contributed by atoms with Crippen LogP contribution in [0.25, 0.3) is 0 Å². The summed E-state index contributed by atoms with van der Waals surface area (Å²) in [6.45, 7) is 2.31. The van der Waals surface area contributed by atoms with Crippen LogP contribution in [-0.4, -0.2) is 25.7 Å². The lowest BCUT2D eigenvalue weighted by molar-refractivity contribution is -0.139. The number of rotatable bonds is 9. The van der Waals surface area contributed by atoms with Gasteiger partial charge in [-0.3, -0.25) is 0 Å². The molecule has 35 heavy (non-hydrogen) atoms. The number of hydrogen-bond donors (Lipinski definition) is 2. The Labute approximate surface area is 204 Å². The molecule has 0 unspecified atom stereocenters. The van der Waals surface area contributed by atoms with E-state index in [1.165, 1.54) is 0 Å². The highest BCUT2D eigenvalue weighted by molar-refractivity contribution is 5.95. The number of carbonyl (C=O) groups excluding carboxylic acids is 2. The van der Waals surface area contributed by atoms with Crippen molar-refractivity contribution in [2.24, 2.45) is 0 Å². The Morgan fingerprint density at radius 2 is 1.60 bits per heavy atom. The number of hydrogen-bond acceptors (Lipinski definition) is 5. The van der Waals surface area contributed by atoms with Crippen LogP contribution in [0.15, 0.2) is 90.1 Å². The van der Waals surface area contributed by atoms with Crippen LogP contribution in [0.5, 0.6) is 11.5 Å². The second-order valence-electron chi connectivity index (χ2n) is 8.13. The molecule has 0 bridgehead atoms. The van der Waals surface area contributed by atoms with Crippen molar-refractivity contribution >= 4 is 12.0 Å². The summed E-state index contributed by atoms with van der Waals surface area (Å²) in [6, 6.07) is 23.9. The van der Waals surface area contributed by atoms with Crippen molar-refractivity contribution < 1.29 is 23.8 Å². The number of allylic oxidation sites excluding steroid dienone is 1. The van der Waals surface area contributed by atoms with Crippen LogP contribution in [0.4, 0.5) is 4.79 Å². The zero-order valence-corrected chi connectivity index (χ0v) is 19.7. The molecule has 4 rings (SSSR count). The van der Waals surface area contributed by atoms with Crippen molar-refractivity contribution in [1.82, 2.24) is 10.6 Å². The molecule has 0 aliphatic carbocycles. The number of urea groups is 1. The standard InChI is InChI=1S/C28H28N2O5/c1-19-25(27(31)34-16-15-20-9-5-3-6-10-20)26(30-28(32)29-19)22-13-14-23(24(17-22)33-2)35-18-21-11-7-4-8-12-21/h3-14,17,26H,15-16,18H2,1-2H3,(H2,29,30,32)/t26-/m1/s1. The normalized spacial score (nSPS) is 15.1. The average Bonchev–Trinajstić information content (AvgIpc) is 2.88. The summed E-state index contributed by atoms with van der Waals surface area (Å²) in [7, 11) is 1.55. The van der Waals surface area contributed by atoms with Crippen molar-refractivity contribution in [3.05, 3.63) is 107 Å². The van der Waals surface area contributed by atoms with E-state index >= 15 is 0 Å². The number of amides is 2. The molecule has 0 saturated heterocycles. The summed E-state index contributed by atoms with van der Waals surface area (Å²) in [4.78, 5) is 25.3. The van der Waals surface area contributed by atoms with Gasteiger partial charge in [-0.1, -0.05) is 66.7 Å². The summed E-state index contributed by atoms with van der Waals surface area (Å²) < 4.78 is 17.0. The van der Waals surface area contributed by atoms with Crippen molar-refractivity contribution in [2.45, 2.75) is 26.0 Å². The molecule has 0 fully saturated rings. The van der Waals surface area contributed by atoms with Crippen LogP contribution < -0.4 is 20.1 Å². The van der Waals surface area contributed by atoms with Gasteiger partial charge in [0.2, 0.25) is 0 Å². The van der Waals surface area contributed by atoms with Crippen molar-refractivity contribution in [2.75, 3.05) is 13.7 Å². The number of carbonyl (C=O) groups is 2. The number of nitrogens with one attached hydrogen (secondary N) is 2. The lowest BCUT2D eigenvalue weighted by atomic mass is 9.95. The van der Waals surface area contributed by atoms with Gasteiger partial charge >= 0.3 is 12.0 Å². The highest BCUT2D eigenvalue weighted by atomic mass is 16.5. The fraction of sp³-hybridized carbons (Fsp3) is 0.214. The van der Waals surface area contributed by atoms with Gasteiger partial charge < -0.3 is 24.8 Å². The molecule has 2 N–H and O–H groups in total. The van der Waals surface area contributed by atoms with Gasteiger partial charge in [-0.2, -0.15) is 0 Å². The minimum absolute atomic E-state index is 0.232. The molecule has 3 aromatic carbocycles. The van der Waals surface area contributed by atoms with Gasteiger partial charge in [0.15, 0.2) is 11.5 Å². The van der Waals surface area contributed by atoms with E-state index in [1.54, 1.807) is 26.2 Å². The molecule has 0 radical (unpaired) electrons.